The molecule has 0 saturated heterocycles. The van der Waals surface area contributed by atoms with Gasteiger partial charge in [0.05, 0.1) is 12.1 Å². The van der Waals surface area contributed by atoms with Crippen molar-refractivity contribution in [2.45, 2.75) is 27.2 Å². The summed E-state index contributed by atoms with van der Waals surface area (Å²) in [5, 5.41) is 1.17. The molecule has 3 rings (SSSR count). The van der Waals surface area contributed by atoms with Crippen LogP contribution >= 0.6 is 11.6 Å². The summed E-state index contributed by atoms with van der Waals surface area (Å²) in [5.74, 6) is 1.18. The summed E-state index contributed by atoms with van der Waals surface area (Å²) in [6.07, 6.45) is 4.49. The van der Waals surface area contributed by atoms with E-state index in [1.165, 1.54) is 12.1 Å². The van der Waals surface area contributed by atoms with Crippen LogP contribution in [0, 0.1) is 17.7 Å². The third kappa shape index (κ3) is 4.31. The van der Waals surface area contributed by atoms with Crippen LogP contribution in [0.5, 0.6) is 5.88 Å². The fourth-order valence-electron chi connectivity index (χ4n) is 3.14. The third-order valence-electron chi connectivity index (χ3n) is 4.20. The summed E-state index contributed by atoms with van der Waals surface area (Å²) in [7, 11) is 0. The largest absolute Gasteiger partial charge is 0.476 e. The van der Waals surface area contributed by atoms with Crippen LogP contribution < -0.4 is 4.74 Å². The normalized spacial score (nSPS) is 12.5. The highest BCUT2D eigenvalue weighted by Gasteiger charge is 2.12. The van der Waals surface area contributed by atoms with E-state index in [0.29, 0.717) is 29.3 Å². The Bertz CT molecular complexity index is 914. The van der Waals surface area contributed by atoms with Gasteiger partial charge in [-0.25, -0.2) is 9.37 Å². The monoisotopic (exact) mass is 372 g/mol. The molecule has 1 unspecified atom stereocenters. The first-order chi connectivity index (χ1) is 12.4. The van der Waals surface area contributed by atoms with Gasteiger partial charge in [-0.2, -0.15) is 0 Å². The highest BCUT2D eigenvalue weighted by molar-refractivity contribution is 6.32. The molecule has 2 heterocycles. The lowest BCUT2D eigenvalue weighted by Crippen LogP contribution is -2.11. The lowest BCUT2D eigenvalue weighted by molar-refractivity contribution is 0.231. The Kier molecular flexibility index (Phi) is 5.72. The Morgan fingerprint density at radius 2 is 1.92 bits per heavy atom. The molecule has 1 aromatic carbocycles. The van der Waals surface area contributed by atoms with Crippen LogP contribution in [0.4, 0.5) is 4.39 Å². The van der Waals surface area contributed by atoms with Crippen molar-refractivity contribution in [2.75, 3.05) is 6.61 Å². The van der Waals surface area contributed by atoms with E-state index in [0.717, 1.165) is 28.5 Å². The Labute approximate surface area is 158 Å². The number of halogens is 2. The molecular weight excluding hydrogens is 351 g/mol. The molecule has 0 aliphatic rings. The van der Waals surface area contributed by atoms with Crippen LogP contribution in [-0.2, 0) is 0 Å². The number of rotatable bonds is 6. The number of fused-ring (bicyclic) bond motifs is 1. The molecule has 0 amide bonds. The van der Waals surface area contributed by atoms with Crippen molar-refractivity contribution in [3.05, 3.63) is 53.6 Å². The summed E-state index contributed by atoms with van der Waals surface area (Å²) in [6.45, 7) is 7.12. The van der Waals surface area contributed by atoms with Gasteiger partial charge >= 0.3 is 0 Å². The van der Waals surface area contributed by atoms with Crippen molar-refractivity contribution in [1.29, 1.82) is 0 Å². The zero-order valence-corrected chi connectivity index (χ0v) is 15.9. The van der Waals surface area contributed by atoms with Crippen LogP contribution in [0.2, 0.25) is 5.02 Å². The first-order valence-electron chi connectivity index (χ1n) is 8.77. The lowest BCUT2D eigenvalue weighted by Gasteiger charge is -2.15. The molecule has 2 aromatic heterocycles. The predicted molar refractivity (Wildman–Crippen MR) is 104 cm³/mol. The Morgan fingerprint density at radius 1 is 1.12 bits per heavy atom. The molecule has 0 fully saturated rings. The summed E-state index contributed by atoms with van der Waals surface area (Å²) in [5.41, 5.74) is 2.36. The fraction of sp³-hybridized carbons (Fsp3) is 0.333. The molecule has 5 heteroatoms. The molecule has 136 valence electrons. The molecule has 0 N–H and O–H groups in total. The lowest BCUT2D eigenvalue weighted by atomic mass is 10.00. The standard InChI is InChI=1S/C21H22ClFN2O/c1-13(2)8-14(3)12-26-21-19(22)9-15(11-25-21)17-6-7-24-20-5-4-16(23)10-18(17)20/h4-7,9-11,13-14H,8,12H2,1-3H3. The minimum absolute atomic E-state index is 0.301. The number of hydrogen-bond donors (Lipinski definition) is 0. The minimum Gasteiger partial charge on any atom is -0.476 e. The number of nitrogens with zero attached hydrogens (tertiary/aromatic N) is 2. The molecule has 0 spiro atoms. The van der Waals surface area contributed by atoms with Gasteiger partial charge in [-0.05, 0) is 54.2 Å². The van der Waals surface area contributed by atoms with Gasteiger partial charge in [0.15, 0.2) is 0 Å². The molecule has 3 nitrogen and oxygen atoms in total. The van der Waals surface area contributed by atoms with E-state index in [1.807, 2.05) is 6.07 Å². The molecule has 26 heavy (non-hydrogen) atoms. The maximum absolute atomic E-state index is 13.7. The number of pyridine rings is 2. The van der Waals surface area contributed by atoms with Crippen LogP contribution in [-0.4, -0.2) is 16.6 Å². The second-order valence-electron chi connectivity index (χ2n) is 7.08. The first kappa shape index (κ1) is 18.6. The Morgan fingerprint density at radius 3 is 2.65 bits per heavy atom. The van der Waals surface area contributed by atoms with Gasteiger partial charge in [0.25, 0.3) is 0 Å². The number of ether oxygens (including phenoxy) is 1. The van der Waals surface area contributed by atoms with Crippen LogP contribution in [0.3, 0.4) is 0 Å². The van der Waals surface area contributed by atoms with E-state index in [-0.39, 0.29) is 5.82 Å². The average Bonchev–Trinajstić information content (AvgIpc) is 2.59. The van der Waals surface area contributed by atoms with Crippen molar-refractivity contribution in [2.24, 2.45) is 11.8 Å². The Balaban J connectivity index is 1.85. The molecule has 3 aromatic rings. The quantitative estimate of drug-likeness (QED) is 0.520. The van der Waals surface area contributed by atoms with Crippen molar-refractivity contribution in [3.8, 4) is 17.0 Å². The van der Waals surface area contributed by atoms with E-state index >= 15 is 0 Å². The highest BCUT2D eigenvalue weighted by atomic mass is 35.5. The summed E-state index contributed by atoms with van der Waals surface area (Å²) in [6, 6.07) is 8.18. The zero-order valence-electron chi connectivity index (χ0n) is 15.2. The van der Waals surface area contributed by atoms with E-state index in [9.17, 15) is 4.39 Å². The molecule has 0 aliphatic carbocycles. The van der Waals surface area contributed by atoms with Crippen molar-refractivity contribution < 1.29 is 9.13 Å². The summed E-state index contributed by atoms with van der Waals surface area (Å²) >= 11 is 6.37. The van der Waals surface area contributed by atoms with Crippen molar-refractivity contribution in [1.82, 2.24) is 9.97 Å². The predicted octanol–water partition coefficient (Wildman–Crippen LogP) is 6.15. The molecule has 0 aliphatic heterocycles. The van der Waals surface area contributed by atoms with Gasteiger partial charge in [-0.15, -0.1) is 0 Å². The number of benzene rings is 1. The molecule has 0 bridgehead atoms. The average molecular weight is 373 g/mol. The smallest absolute Gasteiger partial charge is 0.232 e. The topological polar surface area (TPSA) is 35.0 Å². The van der Waals surface area contributed by atoms with Gasteiger partial charge in [-0.1, -0.05) is 32.4 Å². The second-order valence-corrected chi connectivity index (χ2v) is 7.48. The SMILES string of the molecule is CC(C)CC(C)COc1ncc(-c2ccnc3ccc(F)cc23)cc1Cl. The minimum atomic E-state index is -0.301. The van der Waals surface area contributed by atoms with E-state index in [4.69, 9.17) is 16.3 Å². The van der Waals surface area contributed by atoms with E-state index < -0.39 is 0 Å². The van der Waals surface area contributed by atoms with Crippen molar-refractivity contribution >= 4 is 22.5 Å². The molecule has 1 atom stereocenters. The van der Waals surface area contributed by atoms with Gasteiger partial charge in [0.1, 0.15) is 10.8 Å². The second kappa shape index (κ2) is 8.00. The van der Waals surface area contributed by atoms with Gasteiger partial charge in [0, 0.05) is 23.3 Å². The zero-order chi connectivity index (χ0) is 18.7. The molecule has 0 radical (unpaired) electrons. The number of aromatic nitrogens is 2. The van der Waals surface area contributed by atoms with Gasteiger partial charge < -0.3 is 4.74 Å². The maximum Gasteiger partial charge on any atom is 0.232 e. The van der Waals surface area contributed by atoms with E-state index in [2.05, 4.69) is 30.7 Å². The summed E-state index contributed by atoms with van der Waals surface area (Å²) < 4.78 is 19.4. The van der Waals surface area contributed by atoms with Gasteiger partial charge in [-0.3, -0.25) is 4.98 Å². The fourth-order valence-corrected chi connectivity index (χ4v) is 3.36. The van der Waals surface area contributed by atoms with Crippen LogP contribution in [0.15, 0.2) is 42.7 Å². The van der Waals surface area contributed by atoms with Crippen LogP contribution in [0.1, 0.15) is 27.2 Å². The number of hydrogen-bond acceptors (Lipinski definition) is 3. The third-order valence-corrected chi connectivity index (χ3v) is 4.47. The Hall–Kier alpha value is -2.20. The van der Waals surface area contributed by atoms with Gasteiger partial charge in [0.2, 0.25) is 5.88 Å². The maximum atomic E-state index is 13.7. The molecule has 0 saturated carbocycles. The summed E-state index contributed by atoms with van der Waals surface area (Å²) in [4.78, 5) is 8.64. The first-order valence-corrected chi connectivity index (χ1v) is 9.15. The van der Waals surface area contributed by atoms with E-state index in [1.54, 1.807) is 24.5 Å². The van der Waals surface area contributed by atoms with Crippen LogP contribution in [0.25, 0.3) is 22.0 Å². The van der Waals surface area contributed by atoms with Crippen molar-refractivity contribution in [3.63, 3.8) is 0 Å². The highest BCUT2D eigenvalue weighted by Crippen LogP contribution is 2.32. The molecular formula is C21H22ClFN2O.